The Morgan fingerprint density at radius 3 is 2.80 bits per heavy atom. The van der Waals surface area contributed by atoms with Crippen molar-refractivity contribution in [3.05, 3.63) is 39.4 Å². The fourth-order valence-electron chi connectivity index (χ4n) is 1.78. The molecule has 1 aromatic rings. The van der Waals surface area contributed by atoms with Crippen molar-refractivity contribution in [2.24, 2.45) is 0 Å². The minimum Gasteiger partial charge on any atom is -0.258 e. The van der Waals surface area contributed by atoms with Gasteiger partial charge in [0.1, 0.15) is 0 Å². The zero-order chi connectivity index (χ0) is 10.8. The first-order chi connectivity index (χ1) is 7.22. The van der Waals surface area contributed by atoms with Crippen LogP contribution < -0.4 is 0 Å². The van der Waals surface area contributed by atoms with Gasteiger partial charge in [-0.05, 0) is 36.1 Å². The van der Waals surface area contributed by atoms with E-state index in [1.54, 1.807) is 23.9 Å². The molecular weight excluding hydrogens is 210 g/mol. The molecule has 0 saturated heterocycles. The number of nitro benzene ring substituents is 1. The molecule has 0 unspecified atom stereocenters. The van der Waals surface area contributed by atoms with Gasteiger partial charge in [0, 0.05) is 17.9 Å². The highest BCUT2D eigenvalue weighted by atomic mass is 32.2. The van der Waals surface area contributed by atoms with E-state index in [1.807, 2.05) is 12.3 Å². The van der Waals surface area contributed by atoms with Gasteiger partial charge in [-0.15, -0.1) is 0 Å². The highest BCUT2D eigenvalue weighted by molar-refractivity contribution is 7.97. The third-order valence-corrected chi connectivity index (χ3v) is 3.25. The first-order valence-electron chi connectivity index (χ1n) is 4.98. The summed E-state index contributed by atoms with van der Waals surface area (Å²) in [6.07, 6.45) is 4.49. The molecule has 0 bridgehead atoms. The van der Waals surface area contributed by atoms with Crippen molar-refractivity contribution in [2.75, 3.05) is 6.26 Å². The van der Waals surface area contributed by atoms with Crippen molar-refractivity contribution in [1.82, 2.24) is 0 Å². The standard InChI is InChI=1S/C11H13NO2S/c1-15-7-9-6-10(12(13)14)4-5-11(9)8-2-3-8/h4-6,8H,2-3,7H2,1H3. The molecule has 1 aliphatic rings. The number of rotatable bonds is 4. The van der Waals surface area contributed by atoms with Crippen molar-refractivity contribution >= 4 is 17.4 Å². The van der Waals surface area contributed by atoms with Crippen LogP contribution in [0.2, 0.25) is 0 Å². The lowest BCUT2D eigenvalue weighted by Crippen LogP contribution is -1.94. The molecule has 0 aliphatic heterocycles. The molecule has 1 saturated carbocycles. The summed E-state index contributed by atoms with van der Waals surface area (Å²) in [5.41, 5.74) is 2.66. The SMILES string of the molecule is CSCc1cc([N+](=O)[O-])ccc1C1CC1. The number of nitrogens with zero attached hydrogens (tertiary/aromatic N) is 1. The Bertz CT molecular complexity index is 388. The summed E-state index contributed by atoms with van der Waals surface area (Å²) in [7, 11) is 0. The number of thioether (sulfide) groups is 1. The number of hydrogen-bond acceptors (Lipinski definition) is 3. The van der Waals surface area contributed by atoms with Crippen LogP contribution in [0.4, 0.5) is 5.69 Å². The molecule has 0 heterocycles. The monoisotopic (exact) mass is 223 g/mol. The van der Waals surface area contributed by atoms with Gasteiger partial charge in [0.15, 0.2) is 0 Å². The summed E-state index contributed by atoms with van der Waals surface area (Å²) in [4.78, 5) is 10.3. The van der Waals surface area contributed by atoms with Gasteiger partial charge in [0.05, 0.1) is 4.92 Å². The summed E-state index contributed by atoms with van der Waals surface area (Å²) in [5.74, 6) is 1.53. The van der Waals surface area contributed by atoms with Gasteiger partial charge in [-0.3, -0.25) is 10.1 Å². The lowest BCUT2D eigenvalue weighted by Gasteiger charge is -2.06. The van der Waals surface area contributed by atoms with Gasteiger partial charge in [0.25, 0.3) is 5.69 Å². The second-order valence-electron chi connectivity index (χ2n) is 3.85. The highest BCUT2D eigenvalue weighted by Gasteiger charge is 2.26. The van der Waals surface area contributed by atoms with E-state index in [0.29, 0.717) is 5.92 Å². The maximum atomic E-state index is 10.7. The molecule has 15 heavy (non-hydrogen) atoms. The Morgan fingerprint density at radius 1 is 1.53 bits per heavy atom. The zero-order valence-electron chi connectivity index (χ0n) is 8.60. The second-order valence-corrected chi connectivity index (χ2v) is 4.71. The molecule has 1 aliphatic carbocycles. The van der Waals surface area contributed by atoms with Gasteiger partial charge in [-0.25, -0.2) is 0 Å². The van der Waals surface area contributed by atoms with Gasteiger partial charge in [-0.2, -0.15) is 11.8 Å². The third kappa shape index (κ3) is 2.31. The van der Waals surface area contributed by atoms with Crippen molar-refractivity contribution in [1.29, 1.82) is 0 Å². The van der Waals surface area contributed by atoms with Crippen molar-refractivity contribution < 1.29 is 4.92 Å². The third-order valence-electron chi connectivity index (χ3n) is 2.65. The Hall–Kier alpha value is -1.03. The van der Waals surface area contributed by atoms with Crippen LogP contribution in [0, 0.1) is 10.1 Å². The molecule has 0 aromatic heterocycles. The van der Waals surface area contributed by atoms with Crippen molar-refractivity contribution in [3.8, 4) is 0 Å². The molecule has 2 rings (SSSR count). The Balaban J connectivity index is 2.34. The van der Waals surface area contributed by atoms with E-state index < -0.39 is 0 Å². The van der Waals surface area contributed by atoms with E-state index in [4.69, 9.17) is 0 Å². The molecule has 0 amide bonds. The minimum atomic E-state index is -0.319. The molecule has 4 heteroatoms. The largest absolute Gasteiger partial charge is 0.269 e. The normalized spacial score (nSPS) is 15.3. The van der Waals surface area contributed by atoms with Crippen LogP contribution in [0.1, 0.15) is 29.9 Å². The number of hydrogen-bond donors (Lipinski definition) is 0. The lowest BCUT2D eigenvalue weighted by atomic mass is 10.0. The molecule has 0 radical (unpaired) electrons. The van der Waals surface area contributed by atoms with E-state index >= 15 is 0 Å². The second kappa shape index (κ2) is 4.23. The fraction of sp³-hybridized carbons (Fsp3) is 0.455. The maximum absolute atomic E-state index is 10.7. The maximum Gasteiger partial charge on any atom is 0.269 e. The van der Waals surface area contributed by atoms with E-state index in [9.17, 15) is 10.1 Å². The van der Waals surface area contributed by atoms with Crippen LogP contribution in [0.15, 0.2) is 18.2 Å². The predicted molar refractivity (Wildman–Crippen MR) is 62.3 cm³/mol. The molecule has 0 N–H and O–H groups in total. The Labute approximate surface area is 93.0 Å². The number of nitro groups is 1. The summed E-state index contributed by atoms with van der Waals surface area (Å²) < 4.78 is 0. The minimum absolute atomic E-state index is 0.212. The van der Waals surface area contributed by atoms with E-state index in [0.717, 1.165) is 11.3 Å². The van der Waals surface area contributed by atoms with Crippen LogP contribution in [-0.4, -0.2) is 11.2 Å². The molecule has 1 aromatic carbocycles. The van der Waals surface area contributed by atoms with Gasteiger partial charge < -0.3 is 0 Å². The first kappa shape index (κ1) is 10.5. The summed E-state index contributed by atoms with van der Waals surface area (Å²) in [6, 6.07) is 5.28. The van der Waals surface area contributed by atoms with Crippen LogP contribution >= 0.6 is 11.8 Å². The first-order valence-corrected chi connectivity index (χ1v) is 6.38. The quantitative estimate of drug-likeness (QED) is 0.580. The van der Waals surface area contributed by atoms with Crippen LogP contribution in [0.3, 0.4) is 0 Å². The fourth-order valence-corrected chi connectivity index (χ4v) is 2.34. The average molecular weight is 223 g/mol. The van der Waals surface area contributed by atoms with Gasteiger partial charge >= 0.3 is 0 Å². The van der Waals surface area contributed by atoms with Crippen LogP contribution in [-0.2, 0) is 5.75 Å². The zero-order valence-corrected chi connectivity index (χ0v) is 9.42. The predicted octanol–water partition coefficient (Wildman–Crippen LogP) is 3.34. The summed E-state index contributed by atoms with van der Waals surface area (Å²) >= 11 is 1.71. The molecule has 3 nitrogen and oxygen atoms in total. The lowest BCUT2D eigenvalue weighted by molar-refractivity contribution is -0.384. The smallest absolute Gasteiger partial charge is 0.258 e. The molecule has 1 fully saturated rings. The number of non-ortho nitro benzene ring substituents is 1. The average Bonchev–Trinajstić information content (AvgIpc) is 3.01. The van der Waals surface area contributed by atoms with E-state index in [1.165, 1.54) is 18.4 Å². The van der Waals surface area contributed by atoms with E-state index in [-0.39, 0.29) is 10.6 Å². The highest BCUT2D eigenvalue weighted by Crippen LogP contribution is 2.43. The summed E-state index contributed by atoms with van der Waals surface area (Å²) in [6.45, 7) is 0. The van der Waals surface area contributed by atoms with E-state index in [2.05, 4.69) is 0 Å². The molecule has 0 spiro atoms. The van der Waals surface area contributed by atoms with Crippen molar-refractivity contribution in [2.45, 2.75) is 24.5 Å². The van der Waals surface area contributed by atoms with Gasteiger partial charge in [0.2, 0.25) is 0 Å². The van der Waals surface area contributed by atoms with Gasteiger partial charge in [-0.1, -0.05) is 6.07 Å². The van der Waals surface area contributed by atoms with Crippen LogP contribution in [0.5, 0.6) is 0 Å². The Kier molecular flexibility index (Phi) is 2.95. The van der Waals surface area contributed by atoms with Crippen molar-refractivity contribution in [3.63, 3.8) is 0 Å². The molecule has 0 atom stereocenters. The molecule has 80 valence electrons. The number of benzene rings is 1. The molecular formula is C11H13NO2S. The van der Waals surface area contributed by atoms with Crippen LogP contribution in [0.25, 0.3) is 0 Å². The topological polar surface area (TPSA) is 43.1 Å². The Morgan fingerprint density at radius 2 is 2.27 bits per heavy atom. The summed E-state index contributed by atoms with van der Waals surface area (Å²) in [5, 5.41) is 10.7.